The van der Waals surface area contributed by atoms with Crippen molar-refractivity contribution in [1.29, 1.82) is 0 Å². The van der Waals surface area contributed by atoms with Crippen molar-refractivity contribution >= 4 is 27.5 Å². The molecule has 0 amide bonds. The molecule has 0 bridgehead atoms. The third kappa shape index (κ3) is 2.81. The standard InChI is InChI=1S/C18H20BrClN2/c1-11-8-13(19)9-12(2)16(11)15-10-14(17(20)22-21-15)18(3)6-4-5-7-18/h8-10H,4-7H2,1-3H3. The third-order valence-electron chi connectivity index (χ3n) is 4.86. The smallest absolute Gasteiger partial charge is 0.149 e. The van der Waals surface area contributed by atoms with E-state index in [9.17, 15) is 0 Å². The summed E-state index contributed by atoms with van der Waals surface area (Å²) in [6.07, 6.45) is 4.88. The van der Waals surface area contributed by atoms with E-state index in [0.29, 0.717) is 5.15 Å². The molecule has 2 nitrogen and oxygen atoms in total. The summed E-state index contributed by atoms with van der Waals surface area (Å²) in [6.45, 7) is 6.52. The van der Waals surface area contributed by atoms with Gasteiger partial charge in [0.05, 0.1) is 5.69 Å². The summed E-state index contributed by atoms with van der Waals surface area (Å²) in [5, 5.41) is 9.18. The van der Waals surface area contributed by atoms with Crippen LogP contribution >= 0.6 is 27.5 Å². The van der Waals surface area contributed by atoms with Crippen LogP contribution < -0.4 is 0 Å². The summed E-state index contributed by atoms with van der Waals surface area (Å²) in [5.41, 5.74) is 5.78. The number of hydrogen-bond donors (Lipinski definition) is 0. The van der Waals surface area contributed by atoms with Crippen LogP contribution in [0.5, 0.6) is 0 Å². The van der Waals surface area contributed by atoms with Crippen molar-refractivity contribution < 1.29 is 0 Å². The maximum atomic E-state index is 6.38. The number of aromatic nitrogens is 2. The molecule has 1 saturated carbocycles. The zero-order valence-corrected chi connectivity index (χ0v) is 15.6. The van der Waals surface area contributed by atoms with Gasteiger partial charge in [-0.3, -0.25) is 0 Å². The van der Waals surface area contributed by atoms with Crippen molar-refractivity contribution in [2.24, 2.45) is 0 Å². The summed E-state index contributed by atoms with van der Waals surface area (Å²) in [4.78, 5) is 0. The Hall–Kier alpha value is -0.930. The van der Waals surface area contributed by atoms with E-state index in [0.717, 1.165) is 21.3 Å². The summed E-state index contributed by atoms with van der Waals surface area (Å²) in [5.74, 6) is 0. The summed E-state index contributed by atoms with van der Waals surface area (Å²) < 4.78 is 1.09. The largest absolute Gasteiger partial charge is 0.155 e. The molecule has 4 heteroatoms. The molecular formula is C18H20BrClN2. The topological polar surface area (TPSA) is 25.8 Å². The molecule has 1 aliphatic rings. The van der Waals surface area contributed by atoms with Crippen LogP contribution in [-0.4, -0.2) is 10.2 Å². The lowest BCUT2D eigenvalue weighted by molar-refractivity contribution is 0.488. The maximum absolute atomic E-state index is 6.38. The second kappa shape index (κ2) is 5.93. The SMILES string of the molecule is Cc1cc(Br)cc(C)c1-c1cc(C2(C)CCCC2)c(Cl)nn1. The van der Waals surface area contributed by atoms with Gasteiger partial charge in [-0.05, 0) is 67.0 Å². The molecule has 116 valence electrons. The van der Waals surface area contributed by atoms with Crippen LogP contribution in [0.25, 0.3) is 11.3 Å². The quantitative estimate of drug-likeness (QED) is 0.638. The average Bonchev–Trinajstić information content (AvgIpc) is 2.87. The van der Waals surface area contributed by atoms with Gasteiger partial charge in [-0.15, -0.1) is 10.2 Å². The first-order valence-electron chi connectivity index (χ1n) is 7.71. The molecule has 1 aliphatic carbocycles. The first-order chi connectivity index (χ1) is 10.4. The maximum Gasteiger partial charge on any atom is 0.155 e. The monoisotopic (exact) mass is 378 g/mol. The first kappa shape index (κ1) is 15.9. The van der Waals surface area contributed by atoms with Gasteiger partial charge < -0.3 is 0 Å². The highest BCUT2D eigenvalue weighted by atomic mass is 79.9. The van der Waals surface area contributed by atoms with Gasteiger partial charge in [-0.25, -0.2) is 0 Å². The second-order valence-electron chi connectivity index (χ2n) is 6.62. The lowest BCUT2D eigenvalue weighted by Crippen LogP contribution is -2.18. The minimum atomic E-state index is 0.138. The van der Waals surface area contributed by atoms with E-state index in [1.165, 1.54) is 36.8 Å². The fourth-order valence-electron chi connectivity index (χ4n) is 3.66. The van der Waals surface area contributed by atoms with Crippen molar-refractivity contribution in [3.63, 3.8) is 0 Å². The van der Waals surface area contributed by atoms with Crippen molar-refractivity contribution in [1.82, 2.24) is 10.2 Å². The number of aryl methyl sites for hydroxylation is 2. The van der Waals surface area contributed by atoms with E-state index < -0.39 is 0 Å². The van der Waals surface area contributed by atoms with Gasteiger partial charge in [0.1, 0.15) is 0 Å². The molecule has 22 heavy (non-hydrogen) atoms. The molecule has 0 N–H and O–H groups in total. The third-order valence-corrected chi connectivity index (χ3v) is 5.60. The number of halogens is 2. The van der Waals surface area contributed by atoms with Crippen LogP contribution in [-0.2, 0) is 5.41 Å². The fourth-order valence-corrected chi connectivity index (χ4v) is 4.67. The highest BCUT2D eigenvalue weighted by molar-refractivity contribution is 9.10. The lowest BCUT2D eigenvalue weighted by Gasteiger charge is -2.25. The van der Waals surface area contributed by atoms with Crippen LogP contribution in [0.1, 0.15) is 49.3 Å². The Morgan fingerprint density at radius 2 is 1.64 bits per heavy atom. The van der Waals surface area contributed by atoms with Gasteiger partial charge in [0.25, 0.3) is 0 Å². The Morgan fingerprint density at radius 3 is 2.23 bits per heavy atom. The Bertz CT molecular complexity index is 698. The van der Waals surface area contributed by atoms with Gasteiger partial charge in [0.15, 0.2) is 5.15 Å². The molecule has 1 aromatic carbocycles. The van der Waals surface area contributed by atoms with E-state index in [2.05, 4.69) is 65.1 Å². The fraction of sp³-hybridized carbons (Fsp3) is 0.444. The highest BCUT2D eigenvalue weighted by Gasteiger charge is 2.33. The molecule has 3 rings (SSSR count). The Morgan fingerprint density at radius 1 is 1.05 bits per heavy atom. The molecule has 0 aliphatic heterocycles. The first-order valence-corrected chi connectivity index (χ1v) is 8.89. The predicted molar refractivity (Wildman–Crippen MR) is 95.5 cm³/mol. The second-order valence-corrected chi connectivity index (χ2v) is 7.89. The van der Waals surface area contributed by atoms with Crippen LogP contribution in [0.4, 0.5) is 0 Å². The summed E-state index contributed by atoms with van der Waals surface area (Å²) in [6, 6.07) is 6.40. The number of benzene rings is 1. The van der Waals surface area contributed by atoms with E-state index >= 15 is 0 Å². The van der Waals surface area contributed by atoms with Crippen LogP contribution in [0.15, 0.2) is 22.7 Å². The number of rotatable bonds is 2. The Balaban J connectivity index is 2.14. The molecule has 1 aromatic heterocycles. The van der Waals surface area contributed by atoms with E-state index in [-0.39, 0.29) is 5.41 Å². The minimum absolute atomic E-state index is 0.138. The van der Waals surface area contributed by atoms with Gasteiger partial charge >= 0.3 is 0 Å². The van der Waals surface area contributed by atoms with E-state index in [4.69, 9.17) is 11.6 Å². The molecule has 1 heterocycles. The Labute approximate surface area is 145 Å². The lowest BCUT2D eigenvalue weighted by atomic mass is 9.81. The van der Waals surface area contributed by atoms with Crippen LogP contribution in [0.3, 0.4) is 0 Å². The summed E-state index contributed by atoms with van der Waals surface area (Å²) in [7, 11) is 0. The van der Waals surface area contributed by atoms with Crippen molar-refractivity contribution in [2.45, 2.75) is 51.9 Å². The normalized spacial score (nSPS) is 17.0. The predicted octanol–water partition coefficient (Wildman–Crippen LogP) is 6.01. The molecular weight excluding hydrogens is 360 g/mol. The van der Waals surface area contributed by atoms with Crippen molar-refractivity contribution in [3.05, 3.63) is 44.5 Å². The van der Waals surface area contributed by atoms with Gasteiger partial charge in [-0.1, -0.05) is 47.3 Å². The number of nitrogens with zero attached hydrogens (tertiary/aromatic N) is 2. The molecule has 0 spiro atoms. The molecule has 0 atom stereocenters. The van der Waals surface area contributed by atoms with Gasteiger partial charge in [-0.2, -0.15) is 0 Å². The van der Waals surface area contributed by atoms with Gasteiger partial charge in [0.2, 0.25) is 0 Å². The van der Waals surface area contributed by atoms with E-state index in [1.807, 2.05) is 0 Å². The van der Waals surface area contributed by atoms with Crippen molar-refractivity contribution in [2.75, 3.05) is 0 Å². The van der Waals surface area contributed by atoms with E-state index in [1.54, 1.807) is 0 Å². The molecule has 1 fully saturated rings. The average molecular weight is 380 g/mol. The molecule has 0 saturated heterocycles. The van der Waals surface area contributed by atoms with Gasteiger partial charge in [0, 0.05) is 10.0 Å². The molecule has 2 aromatic rings. The minimum Gasteiger partial charge on any atom is -0.149 e. The van der Waals surface area contributed by atoms with Crippen LogP contribution in [0, 0.1) is 13.8 Å². The Kier molecular flexibility index (Phi) is 4.30. The molecule has 0 radical (unpaired) electrons. The zero-order valence-electron chi connectivity index (χ0n) is 13.2. The summed E-state index contributed by atoms with van der Waals surface area (Å²) >= 11 is 9.93. The molecule has 0 unspecified atom stereocenters. The number of hydrogen-bond acceptors (Lipinski definition) is 2. The van der Waals surface area contributed by atoms with Crippen LogP contribution in [0.2, 0.25) is 5.15 Å². The zero-order chi connectivity index (χ0) is 15.9. The van der Waals surface area contributed by atoms with Crippen molar-refractivity contribution in [3.8, 4) is 11.3 Å². The highest BCUT2D eigenvalue weighted by Crippen LogP contribution is 2.43.